The first-order valence-electron chi connectivity index (χ1n) is 10.3. The van der Waals surface area contributed by atoms with Gasteiger partial charge in [-0.15, -0.1) is 10.2 Å². The molecule has 1 aromatic carbocycles. The van der Waals surface area contributed by atoms with Gasteiger partial charge >= 0.3 is 0 Å². The Balaban J connectivity index is 1.76. The second-order valence-electron chi connectivity index (χ2n) is 7.77. The van der Waals surface area contributed by atoms with Crippen LogP contribution in [0.3, 0.4) is 0 Å². The van der Waals surface area contributed by atoms with E-state index in [0.717, 1.165) is 49.1 Å². The van der Waals surface area contributed by atoms with E-state index >= 15 is 0 Å². The Bertz CT molecular complexity index is 914. The monoisotopic (exact) mass is 427 g/mol. The standard InChI is InChI=1S/C22H29N5O2S/c1-17-8-7-9-18(14-17)20-24-25-21(27(20)12-13-29-3)30-15-19(28)26(2)22(16-23)10-5-4-6-11-22/h7-9,14H,4-6,10-13,15H2,1-3H3. The molecule has 30 heavy (non-hydrogen) atoms. The van der Waals surface area contributed by atoms with Crippen molar-refractivity contribution in [2.45, 2.75) is 56.3 Å². The van der Waals surface area contributed by atoms with Crippen LogP contribution in [-0.4, -0.2) is 57.6 Å². The molecule has 160 valence electrons. The molecule has 2 aromatic rings. The van der Waals surface area contributed by atoms with Gasteiger partial charge < -0.3 is 9.64 Å². The first kappa shape index (κ1) is 22.3. The molecule has 7 nitrogen and oxygen atoms in total. The molecule has 8 heteroatoms. The zero-order valence-corrected chi connectivity index (χ0v) is 18.7. The molecular weight excluding hydrogens is 398 g/mol. The average molecular weight is 428 g/mol. The van der Waals surface area contributed by atoms with Crippen molar-refractivity contribution >= 4 is 17.7 Å². The van der Waals surface area contributed by atoms with Crippen LogP contribution in [0.5, 0.6) is 0 Å². The summed E-state index contributed by atoms with van der Waals surface area (Å²) in [5.74, 6) is 0.931. The number of aromatic nitrogens is 3. The lowest BCUT2D eigenvalue weighted by molar-refractivity contribution is -0.131. The number of benzene rings is 1. The van der Waals surface area contributed by atoms with Gasteiger partial charge in [0.15, 0.2) is 11.0 Å². The van der Waals surface area contributed by atoms with Gasteiger partial charge in [-0.05, 0) is 25.8 Å². The summed E-state index contributed by atoms with van der Waals surface area (Å²) in [4.78, 5) is 14.5. The molecule has 0 unspecified atom stereocenters. The molecule has 1 heterocycles. The highest BCUT2D eigenvalue weighted by atomic mass is 32.2. The van der Waals surface area contributed by atoms with Crippen molar-refractivity contribution in [1.29, 1.82) is 5.26 Å². The third kappa shape index (κ3) is 4.85. The Labute approximate surface area is 182 Å². The average Bonchev–Trinajstić information content (AvgIpc) is 3.18. The minimum Gasteiger partial charge on any atom is -0.383 e. The van der Waals surface area contributed by atoms with Gasteiger partial charge in [0.05, 0.1) is 25.0 Å². The molecule has 1 aromatic heterocycles. The topological polar surface area (TPSA) is 84.0 Å². The molecular formula is C22H29N5O2S. The van der Waals surface area contributed by atoms with E-state index in [1.165, 1.54) is 11.8 Å². The smallest absolute Gasteiger partial charge is 0.234 e. The van der Waals surface area contributed by atoms with E-state index in [2.05, 4.69) is 22.3 Å². The molecule has 1 aliphatic carbocycles. The first-order valence-corrected chi connectivity index (χ1v) is 11.3. The van der Waals surface area contributed by atoms with Crippen LogP contribution in [0.15, 0.2) is 29.4 Å². The Hall–Kier alpha value is -2.37. The van der Waals surface area contributed by atoms with Crippen molar-refractivity contribution in [3.05, 3.63) is 29.8 Å². The maximum Gasteiger partial charge on any atom is 0.234 e. The van der Waals surface area contributed by atoms with Gasteiger partial charge in [-0.3, -0.25) is 9.36 Å². The van der Waals surface area contributed by atoms with E-state index < -0.39 is 5.54 Å². The summed E-state index contributed by atoms with van der Waals surface area (Å²) in [6.07, 6.45) is 4.60. The molecule has 1 saturated carbocycles. The fourth-order valence-electron chi connectivity index (χ4n) is 3.90. The van der Waals surface area contributed by atoms with Gasteiger partial charge in [-0.25, -0.2) is 0 Å². The Kier molecular flexibility index (Phi) is 7.51. The van der Waals surface area contributed by atoms with Crippen LogP contribution < -0.4 is 0 Å². The second-order valence-corrected chi connectivity index (χ2v) is 8.71. The summed E-state index contributed by atoms with van der Waals surface area (Å²) >= 11 is 1.36. The highest BCUT2D eigenvalue weighted by Gasteiger charge is 2.38. The quantitative estimate of drug-likeness (QED) is 0.598. The molecule has 0 bridgehead atoms. The summed E-state index contributed by atoms with van der Waals surface area (Å²) in [7, 11) is 3.42. The first-order chi connectivity index (χ1) is 14.5. The highest BCUT2D eigenvalue weighted by molar-refractivity contribution is 7.99. The van der Waals surface area contributed by atoms with Gasteiger partial charge in [0.1, 0.15) is 5.54 Å². The number of ether oxygens (including phenoxy) is 1. The van der Waals surface area contributed by atoms with Gasteiger partial charge in [0, 0.05) is 19.7 Å². The van der Waals surface area contributed by atoms with Crippen molar-refractivity contribution in [1.82, 2.24) is 19.7 Å². The lowest BCUT2D eigenvalue weighted by atomic mass is 9.81. The summed E-state index contributed by atoms with van der Waals surface area (Å²) in [5, 5.41) is 19.2. The van der Waals surface area contributed by atoms with Gasteiger partial charge in [0.2, 0.25) is 5.91 Å². The van der Waals surface area contributed by atoms with Crippen molar-refractivity contribution in [3.63, 3.8) is 0 Å². The minimum absolute atomic E-state index is 0.0538. The Morgan fingerprint density at radius 1 is 1.33 bits per heavy atom. The predicted molar refractivity (Wildman–Crippen MR) is 117 cm³/mol. The lowest BCUT2D eigenvalue weighted by Crippen LogP contribution is -2.50. The molecule has 1 fully saturated rings. The fourth-order valence-corrected chi connectivity index (χ4v) is 4.78. The van der Waals surface area contributed by atoms with Crippen LogP contribution in [0.25, 0.3) is 11.4 Å². The number of carbonyl (C=O) groups is 1. The van der Waals surface area contributed by atoms with Gasteiger partial charge in [0.25, 0.3) is 0 Å². The second kappa shape index (κ2) is 10.1. The number of hydrogen-bond acceptors (Lipinski definition) is 6. The molecule has 0 spiro atoms. The number of carbonyl (C=O) groups excluding carboxylic acids is 1. The number of hydrogen-bond donors (Lipinski definition) is 0. The zero-order chi connectivity index (χ0) is 21.6. The number of nitrogens with zero attached hydrogens (tertiary/aromatic N) is 5. The van der Waals surface area contributed by atoms with Crippen LogP contribution in [0.2, 0.25) is 0 Å². The largest absolute Gasteiger partial charge is 0.383 e. The minimum atomic E-state index is -0.674. The number of aryl methyl sites for hydroxylation is 1. The van der Waals surface area contributed by atoms with E-state index in [4.69, 9.17) is 4.74 Å². The summed E-state index contributed by atoms with van der Waals surface area (Å²) in [5.41, 5.74) is 1.46. The number of thioether (sulfide) groups is 1. The normalized spacial score (nSPS) is 15.5. The third-order valence-electron chi connectivity index (χ3n) is 5.74. The van der Waals surface area contributed by atoms with Gasteiger partial charge in [-0.1, -0.05) is 54.8 Å². The predicted octanol–water partition coefficient (Wildman–Crippen LogP) is 3.68. The third-order valence-corrected chi connectivity index (χ3v) is 6.69. The molecule has 1 amide bonds. The fraction of sp³-hybridized carbons (Fsp3) is 0.545. The van der Waals surface area contributed by atoms with Crippen molar-refractivity contribution in [2.75, 3.05) is 26.5 Å². The molecule has 0 atom stereocenters. The molecule has 1 aliphatic rings. The number of amides is 1. The van der Waals surface area contributed by atoms with Crippen LogP contribution in [-0.2, 0) is 16.1 Å². The van der Waals surface area contributed by atoms with E-state index in [-0.39, 0.29) is 11.7 Å². The van der Waals surface area contributed by atoms with Crippen molar-refractivity contribution < 1.29 is 9.53 Å². The van der Waals surface area contributed by atoms with Crippen LogP contribution in [0.1, 0.15) is 37.7 Å². The van der Waals surface area contributed by atoms with E-state index in [1.807, 2.05) is 29.7 Å². The summed E-state index contributed by atoms with van der Waals surface area (Å²) in [6, 6.07) is 10.5. The number of methoxy groups -OCH3 is 1. The lowest BCUT2D eigenvalue weighted by Gasteiger charge is -2.39. The maximum atomic E-state index is 12.9. The number of nitriles is 1. The van der Waals surface area contributed by atoms with Crippen LogP contribution in [0, 0.1) is 18.3 Å². The van der Waals surface area contributed by atoms with Crippen LogP contribution >= 0.6 is 11.8 Å². The van der Waals surface area contributed by atoms with Crippen molar-refractivity contribution in [2.24, 2.45) is 0 Å². The molecule has 3 rings (SSSR count). The molecule has 0 saturated heterocycles. The molecule has 0 aliphatic heterocycles. The zero-order valence-electron chi connectivity index (χ0n) is 17.9. The summed E-state index contributed by atoms with van der Waals surface area (Å²) in [6.45, 7) is 3.16. The van der Waals surface area contributed by atoms with Crippen molar-refractivity contribution in [3.8, 4) is 17.5 Å². The maximum absolute atomic E-state index is 12.9. The van der Waals surface area contributed by atoms with Crippen LogP contribution in [0.4, 0.5) is 0 Å². The summed E-state index contributed by atoms with van der Waals surface area (Å²) < 4.78 is 7.26. The SMILES string of the molecule is COCCn1c(SCC(=O)N(C)C2(C#N)CCCCC2)nnc1-c1cccc(C)c1. The van der Waals surface area contributed by atoms with E-state index in [1.54, 1.807) is 19.1 Å². The molecule has 0 N–H and O–H groups in total. The Morgan fingerprint density at radius 2 is 2.10 bits per heavy atom. The number of rotatable bonds is 8. The Morgan fingerprint density at radius 3 is 2.77 bits per heavy atom. The van der Waals surface area contributed by atoms with E-state index in [9.17, 15) is 10.1 Å². The molecule has 0 radical (unpaired) electrons. The van der Waals surface area contributed by atoms with Gasteiger partial charge in [-0.2, -0.15) is 5.26 Å². The van der Waals surface area contributed by atoms with E-state index in [0.29, 0.717) is 18.3 Å². The highest BCUT2D eigenvalue weighted by Crippen LogP contribution is 2.33.